The lowest BCUT2D eigenvalue weighted by molar-refractivity contribution is -0.154. The summed E-state index contributed by atoms with van der Waals surface area (Å²) in [6.07, 6.45) is -3.41. The van der Waals surface area contributed by atoms with Crippen LogP contribution in [0, 0.1) is 6.92 Å². The Bertz CT molecular complexity index is 837. The molecule has 0 aliphatic carbocycles. The van der Waals surface area contributed by atoms with E-state index in [1.807, 2.05) is 0 Å². The maximum absolute atomic E-state index is 12.3. The summed E-state index contributed by atoms with van der Waals surface area (Å²) >= 11 is 0. The number of aryl methyl sites for hydroxylation is 1. The second kappa shape index (κ2) is 7.18. The standard InChI is InChI=1S/C15H15F3N2O4S/c1-10-7-12(4-5-13(10)23-2)25(21,22)20-11-3-6-14(19-8-11)24-9-15(16,17)18/h3-8,20H,9H2,1-2H3. The van der Waals surface area contributed by atoms with Gasteiger partial charge in [-0.2, -0.15) is 13.2 Å². The number of anilines is 1. The molecule has 6 nitrogen and oxygen atoms in total. The minimum absolute atomic E-state index is 0.0168. The number of rotatable bonds is 6. The van der Waals surface area contributed by atoms with Gasteiger partial charge in [0.1, 0.15) is 5.75 Å². The van der Waals surface area contributed by atoms with Crippen LogP contribution < -0.4 is 14.2 Å². The van der Waals surface area contributed by atoms with Crippen LogP contribution in [0.25, 0.3) is 0 Å². The van der Waals surface area contributed by atoms with Gasteiger partial charge in [-0.05, 0) is 36.8 Å². The van der Waals surface area contributed by atoms with Gasteiger partial charge in [0.05, 0.1) is 23.9 Å². The lowest BCUT2D eigenvalue weighted by Crippen LogP contribution is -2.19. The van der Waals surface area contributed by atoms with E-state index in [1.165, 1.54) is 31.4 Å². The van der Waals surface area contributed by atoms with Gasteiger partial charge in [0.2, 0.25) is 5.88 Å². The number of benzene rings is 1. The van der Waals surface area contributed by atoms with E-state index >= 15 is 0 Å². The molecular formula is C15H15F3N2O4S. The van der Waals surface area contributed by atoms with E-state index in [0.717, 1.165) is 12.3 Å². The van der Waals surface area contributed by atoms with E-state index in [-0.39, 0.29) is 16.5 Å². The lowest BCUT2D eigenvalue weighted by atomic mass is 10.2. The number of halogens is 3. The zero-order chi connectivity index (χ0) is 18.7. The maximum atomic E-state index is 12.3. The first-order valence-electron chi connectivity index (χ1n) is 6.94. The van der Waals surface area contributed by atoms with Crippen LogP contribution in [0.4, 0.5) is 18.9 Å². The van der Waals surface area contributed by atoms with Crippen LogP contribution in [0.1, 0.15) is 5.56 Å². The Hall–Kier alpha value is -2.49. The SMILES string of the molecule is COc1ccc(S(=O)(=O)Nc2ccc(OCC(F)(F)F)nc2)cc1C. The summed E-state index contributed by atoms with van der Waals surface area (Å²) in [5.74, 6) is 0.285. The molecule has 0 atom stereocenters. The normalized spacial score (nSPS) is 11.9. The van der Waals surface area contributed by atoms with Gasteiger partial charge in [0, 0.05) is 6.07 Å². The third-order valence-electron chi connectivity index (χ3n) is 3.05. The van der Waals surface area contributed by atoms with Gasteiger partial charge < -0.3 is 9.47 Å². The van der Waals surface area contributed by atoms with Crippen molar-refractivity contribution in [1.29, 1.82) is 0 Å². The first-order chi connectivity index (χ1) is 11.6. The number of pyridine rings is 1. The fourth-order valence-electron chi connectivity index (χ4n) is 1.91. The highest BCUT2D eigenvalue weighted by Gasteiger charge is 2.28. The summed E-state index contributed by atoms with van der Waals surface area (Å²) in [4.78, 5) is 3.65. The topological polar surface area (TPSA) is 77.5 Å². The summed E-state index contributed by atoms with van der Waals surface area (Å²) in [6, 6.07) is 6.74. The molecule has 0 aliphatic heterocycles. The quantitative estimate of drug-likeness (QED) is 0.838. The Morgan fingerprint density at radius 1 is 1.20 bits per heavy atom. The molecule has 25 heavy (non-hydrogen) atoms. The third kappa shape index (κ3) is 5.24. The summed E-state index contributed by atoms with van der Waals surface area (Å²) < 4.78 is 72.7. The van der Waals surface area contributed by atoms with E-state index in [1.54, 1.807) is 6.92 Å². The number of alkyl halides is 3. The number of hydrogen-bond donors (Lipinski definition) is 1. The molecule has 136 valence electrons. The van der Waals surface area contributed by atoms with Gasteiger partial charge in [0.25, 0.3) is 10.0 Å². The molecule has 1 aromatic carbocycles. The molecular weight excluding hydrogens is 361 g/mol. The number of nitrogens with zero attached hydrogens (tertiary/aromatic N) is 1. The average Bonchev–Trinajstić information content (AvgIpc) is 2.53. The Morgan fingerprint density at radius 3 is 2.44 bits per heavy atom. The van der Waals surface area contributed by atoms with Crippen LogP contribution in [0.2, 0.25) is 0 Å². The van der Waals surface area contributed by atoms with Crippen molar-refractivity contribution < 1.29 is 31.1 Å². The Balaban J connectivity index is 2.11. The molecule has 0 saturated carbocycles. The molecule has 0 bridgehead atoms. The molecule has 1 N–H and O–H groups in total. The highest BCUT2D eigenvalue weighted by molar-refractivity contribution is 7.92. The fourth-order valence-corrected chi connectivity index (χ4v) is 3.04. The van der Waals surface area contributed by atoms with E-state index in [4.69, 9.17) is 4.74 Å². The molecule has 0 radical (unpaired) electrons. The molecule has 0 fully saturated rings. The number of hydrogen-bond acceptors (Lipinski definition) is 5. The zero-order valence-electron chi connectivity index (χ0n) is 13.3. The van der Waals surface area contributed by atoms with Crippen molar-refractivity contribution in [3.8, 4) is 11.6 Å². The maximum Gasteiger partial charge on any atom is 0.422 e. The van der Waals surface area contributed by atoms with Gasteiger partial charge in [-0.3, -0.25) is 4.72 Å². The van der Waals surface area contributed by atoms with Gasteiger partial charge in [-0.25, -0.2) is 13.4 Å². The fraction of sp³-hybridized carbons (Fsp3) is 0.267. The monoisotopic (exact) mass is 376 g/mol. The summed E-state index contributed by atoms with van der Waals surface area (Å²) in [6.45, 7) is 0.225. The predicted octanol–water partition coefficient (Wildman–Crippen LogP) is 3.14. The Labute approximate surface area is 142 Å². The van der Waals surface area contributed by atoms with Gasteiger partial charge in [-0.15, -0.1) is 0 Å². The number of aromatic nitrogens is 1. The van der Waals surface area contributed by atoms with Crippen LogP contribution in [-0.2, 0) is 10.0 Å². The summed E-state index contributed by atoms with van der Waals surface area (Å²) in [5, 5.41) is 0. The lowest BCUT2D eigenvalue weighted by Gasteiger charge is -2.11. The molecule has 1 aromatic heterocycles. The molecule has 0 unspecified atom stereocenters. The van der Waals surface area contributed by atoms with Gasteiger partial charge in [0.15, 0.2) is 6.61 Å². The Kier molecular flexibility index (Phi) is 5.41. The molecule has 1 heterocycles. The molecule has 2 aromatic rings. The average molecular weight is 376 g/mol. The van der Waals surface area contributed by atoms with Crippen molar-refractivity contribution in [1.82, 2.24) is 4.98 Å². The Morgan fingerprint density at radius 2 is 1.92 bits per heavy atom. The first-order valence-corrected chi connectivity index (χ1v) is 8.42. The van der Waals surface area contributed by atoms with E-state index in [2.05, 4.69) is 14.4 Å². The summed E-state index contributed by atoms with van der Waals surface area (Å²) in [5.41, 5.74) is 0.729. The smallest absolute Gasteiger partial charge is 0.422 e. The van der Waals surface area contributed by atoms with E-state index in [0.29, 0.717) is 11.3 Å². The minimum atomic E-state index is -4.48. The number of sulfonamides is 1. The molecule has 0 amide bonds. The van der Waals surface area contributed by atoms with Crippen LogP contribution in [0.15, 0.2) is 41.4 Å². The predicted molar refractivity (Wildman–Crippen MR) is 84.3 cm³/mol. The molecule has 2 rings (SSSR count). The van der Waals surface area contributed by atoms with Crippen LogP contribution in [0.3, 0.4) is 0 Å². The van der Waals surface area contributed by atoms with Crippen molar-refractivity contribution in [2.75, 3.05) is 18.4 Å². The number of methoxy groups -OCH3 is 1. The number of ether oxygens (including phenoxy) is 2. The van der Waals surface area contributed by atoms with Gasteiger partial charge >= 0.3 is 6.18 Å². The highest BCUT2D eigenvalue weighted by Crippen LogP contribution is 2.24. The first kappa shape index (κ1) is 18.8. The van der Waals surface area contributed by atoms with Crippen molar-refractivity contribution in [2.45, 2.75) is 18.0 Å². The minimum Gasteiger partial charge on any atom is -0.496 e. The molecule has 10 heteroatoms. The zero-order valence-corrected chi connectivity index (χ0v) is 14.1. The molecule has 0 saturated heterocycles. The van der Waals surface area contributed by atoms with Gasteiger partial charge in [-0.1, -0.05) is 0 Å². The van der Waals surface area contributed by atoms with E-state index < -0.39 is 22.8 Å². The molecule has 0 spiro atoms. The summed E-state index contributed by atoms with van der Waals surface area (Å²) in [7, 11) is -2.40. The van der Waals surface area contributed by atoms with Crippen LogP contribution in [0.5, 0.6) is 11.6 Å². The second-order valence-corrected chi connectivity index (χ2v) is 6.71. The van der Waals surface area contributed by atoms with Crippen molar-refractivity contribution in [3.05, 3.63) is 42.1 Å². The largest absolute Gasteiger partial charge is 0.496 e. The van der Waals surface area contributed by atoms with Crippen molar-refractivity contribution in [3.63, 3.8) is 0 Å². The highest BCUT2D eigenvalue weighted by atomic mass is 32.2. The van der Waals surface area contributed by atoms with Crippen LogP contribution >= 0.6 is 0 Å². The number of nitrogens with one attached hydrogen (secondary N) is 1. The van der Waals surface area contributed by atoms with Crippen molar-refractivity contribution >= 4 is 15.7 Å². The molecule has 0 aliphatic rings. The van der Waals surface area contributed by atoms with E-state index in [9.17, 15) is 21.6 Å². The second-order valence-electron chi connectivity index (χ2n) is 5.03. The van der Waals surface area contributed by atoms with Crippen LogP contribution in [-0.4, -0.2) is 33.3 Å². The van der Waals surface area contributed by atoms with Crippen molar-refractivity contribution in [2.24, 2.45) is 0 Å². The third-order valence-corrected chi connectivity index (χ3v) is 4.43.